The second-order valence-electron chi connectivity index (χ2n) is 4.38. The van der Waals surface area contributed by atoms with Crippen molar-refractivity contribution in [2.45, 2.75) is 19.8 Å². The number of esters is 1. The van der Waals surface area contributed by atoms with E-state index in [0.717, 1.165) is 12.8 Å². The first-order valence-electron chi connectivity index (χ1n) is 6.65. The van der Waals surface area contributed by atoms with Crippen molar-refractivity contribution < 1.29 is 14.3 Å². The fourth-order valence-electron chi connectivity index (χ4n) is 1.59. The summed E-state index contributed by atoms with van der Waals surface area (Å²) in [7, 11) is 0. The summed E-state index contributed by atoms with van der Waals surface area (Å²) in [5, 5.41) is 12.2. The number of nitrogens with one attached hydrogen (secondary N) is 2. The van der Waals surface area contributed by atoms with E-state index in [1.807, 2.05) is 6.92 Å². The first-order chi connectivity index (χ1) is 10.2. The molecule has 0 aliphatic rings. The molecule has 7 heteroatoms. The lowest BCUT2D eigenvalue weighted by Crippen LogP contribution is -2.12. The van der Waals surface area contributed by atoms with E-state index in [1.165, 1.54) is 6.20 Å². The molecule has 1 aromatic heterocycles. The molecule has 1 heterocycles. The Labute approximate surface area is 121 Å². The molecule has 0 aliphatic carbocycles. The van der Waals surface area contributed by atoms with Gasteiger partial charge in [-0.3, -0.25) is 4.79 Å². The molecule has 7 nitrogen and oxygen atoms in total. The highest BCUT2D eigenvalue weighted by atomic mass is 16.5. The van der Waals surface area contributed by atoms with Crippen LogP contribution in [0, 0.1) is 0 Å². The van der Waals surface area contributed by atoms with Crippen molar-refractivity contribution in [2.24, 2.45) is 0 Å². The number of unbranched alkanes of at least 4 members (excludes halogenated alkanes) is 1. The fraction of sp³-hybridized carbons (Fsp3) is 0.286. The van der Waals surface area contributed by atoms with Crippen LogP contribution in [0.15, 0.2) is 30.5 Å². The van der Waals surface area contributed by atoms with Crippen LogP contribution >= 0.6 is 0 Å². The van der Waals surface area contributed by atoms with Gasteiger partial charge in [0.1, 0.15) is 0 Å². The van der Waals surface area contributed by atoms with Gasteiger partial charge < -0.3 is 10.1 Å². The lowest BCUT2D eigenvalue weighted by Gasteiger charge is -2.06. The third kappa shape index (κ3) is 4.13. The number of rotatable bonds is 6. The first kappa shape index (κ1) is 14.7. The van der Waals surface area contributed by atoms with E-state index in [-0.39, 0.29) is 17.6 Å². The largest absolute Gasteiger partial charge is 0.462 e. The van der Waals surface area contributed by atoms with Gasteiger partial charge in [-0.2, -0.15) is 15.4 Å². The van der Waals surface area contributed by atoms with Crippen LogP contribution < -0.4 is 5.32 Å². The zero-order chi connectivity index (χ0) is 15.1. The van der Waals surface area contributed by atoms with Crippen LogP contribution in [0.25, 0.3) is 0 Å². The predicted molar refractivity (Wildman–Crippen MR) is 76.0 cm³/mol. The minimum Gasteiger partial charge on any atom is -0.462 e. The molecule has 1 amide bonds. The minimum absolute atomic E-state index is 0.193. The summed E-state index contributed by atoms with van der Waals surface area (Å²) < 4.78 is 5.10. The number of aromatic amines is 1. The molecule has 1 aromatic carbocycles. The van der Waals surface area contributed by atoms with Crippen LogP contribution in [0.4, 0.5) is 5.69 Å². The smallest absolute Gasteiger partial charge is 0.338 e. The Morgan fingerprint density at radius 1 is 1.29 bits per heavy atom. The second kappa shape index (κ2) is 7.18. The Morgan fingerprint density at radius 3 is 2.67 bits per heavy atom. The molecule has 21 heavy (non-hydrogen) atoms. The van der Waals surface area contributed by atoms with Gasteiger partial charge in [0.05, 0.1) is 18.4 Å². The summed E-state index contributed by atoms with van der Waals surface area (Å²) in [5.74, 6) is -0.736. The molecule has 0 aliphatic heterocycles. The molecule has 0 atom stereocenters. The SMILES string of the molecule is CCCCOC(=O)c1ccc(NC(=O)c2cn[nH]n2)cc1. The number of nitrogens with zero attached hydrogens (tertiary/aromatic N) is 2. The van der Waals surface area contributed by atoms with Crippen LogP contribution in [0.2, 0.25) is 0 Å². The summed E-state index contributed by atoms with van der Waals surface area (Å²) in [6.45, 7) is 2.44. The number of aromatic nitrogens is 3. The Kier molecular flexibility index (Phi) is 5.03. The number of anilines is 1. The topological polar surface area (TPSA) is 97.0 Å². The molecule has 0 fully saturated rings. The van der Waals surface area contributed by atoms with Crippen molar-refractivity contribution in [1.29, 1.82) is 0 Å². The Hall–Kier alpha value is -2.70. The zero-order valence-electron chi connectivity index (χ0n) is 11.6. The zero-order valence-corrected chi connectivity index (χ0v) is 11.6. The molecule has 0 unspecified atom stereocenters. The number of hydrogen-bond donors (Lipinski definition) is 2. The van der Waals surface area contributed by atoms with Crippen LogP contribution in [-0.4, -0.2) is 33.9 Å². The average Bonchev–Trinajstić information content (AvgIpc) is 3.02. The van der Waals surface area contributed by atoms with Crippen molar-refractivity contribution in [3.63, 3.8) is 0 Å². The molecule has 0 radical (unpaired) electrons. The second-order valence-corrected chi connectivity index (χ2v) is 4.38. The number of carbonyl (C=O) groups excluding carboxylic acids is 2. The highest BCUT2D eigenvalue weighted by Gasteiger charge is 2.10. The highest BCUT2D eigenvalue weighted by Crippen LogP contribution is 2.11. The lowest BCUT2D eigenvalue weighted by atomic mass is 10.2. The van der Waals surface area contributed by atoms with Gasteiger partial charge in [-0.15, -0.1) is 0 Å². The molecule has 0 saturated carbocycles. The number of hydrogen-bond acceptors (Lipinski definition) is 5. The standard InChI is InChI=1S/C14H16N4O3/c1-2-3-8-21-14(20)10-4-6-11(7-5-10)16-13(19)12-9-15-18-17-12/h4-7,9H,2-3,8H2,1H3,(H,16,19)(H,15,17,18). The van der Waals surface area contributed by atoms with Crippen molar-refractivity contribution in [2.75, 3.05) is 11.9 Å². The number of ether oxygens (including phenoxy) is 1. The average molecular weight is 288 g/mol. The quantitative estimate of drug-likeness (QED) is 0.626. The molecule has 110 valence electrons. The van der Waals surface area contributed by atoms with Gasteiger partial charge in [0.15, 0.2) is 5.69 Å². The van der Waals surface area contributed by atoms with Crippen molar-refractivity contribution in [3.8, 4) is 0 Å². The molecular weight excluding hydrogens is 272 g/mol. The molecule has 2 N–H and O–H groups in total. The molecular formula is C14H16N4O3. The minimum atomic E-state index is -0.373. The first-order valence-corrected chi connectivity index (χ1v) is 6.65. The summed E-state index contributed by atoms with van der Waals surface area (Å²) in [6.07, 6.45) is 3.15. The summed E-state index contributed by atoms with van der Waals surface area (Å²) in [4.78, 5) is 23.5. The number of amides is 1. The van der Waals surface area contributed by atoms with E-state index < -0.39 is 0 Å². The van der Waals surface area contributed by atoms with Crippen molar-refractivity contribution >= 4 is 17.6 Å². The number of carbonyl (C=O) groups is 2. The summed E-state index contributed by atoms with van der Waals surface area (Å²) in [5.41, 5.74) is 1.21. The number of H-pyrrole nitrogens is 1. The lowest BCUT2D eigenvalue weighted by molar-refractivity contribution is 0.0499. The maximum atomic E-state index is 11.7. The van der Waals surface area contributed by atoms with E-state index >= 15 is 0 Å². The van der Waals surface area contributed by atoms with Gasteiger partial charge in [-0.05, 0) is 30.7 Å². The van der Waals surface area contributed by atoms with E-state index in [1.54, 1.807) is 24.3 Å². The van der Waals surface area contributed by atoms with Gasteiger partial charge in [0.2, 0.25) is 0 Å². The number of benzene rings is 1. The molecule has 2 aromatic rings. The van der Waals surface area contributed by atoms with Crippen LogP contribution in [0.3, 0.4) is 0 Å². The predicted octanol–water partition coefficient (Wildman–Crippen LogP) is 2.01. The van der Waals surface area contributed by atoms with Crippen molar-refractivity contribution in [3.05, 3.63) is 41.7 Å². The molecule has 0 spiro atoms. The highest BCUT2D eigenvalue weighted by molar-refractivity contribution is 6.02. The third-order valence-electron chi connectivity index (χ3n) is 2.76. The van der Waals surface area contributed by atoms with Gasteiger partial charge in [-0.1, -0.05) is 13.3 Å². The van der Waals surface area contributed by atoms with Crippen LogP contribution in [-0.2, 0) is 4.74 Å². The maximum Gasteiger partial charge on any atom is 0.338 e. The molecule has 2 rings (SSSR count). The molecule has 0 bridgehead atoms. The monoisotopic (exact) mass is 288 g/mol. The summed E-state index contributed by atoms with van der Waals surface area (Å²) in [6, 6.07) is 6.47. The third-order valence-corrected chi connectivity index (χ3v) is 2.76. The van der Waals surface area contributed by atoms with Gasteiger partial charge >= 0.3 is 5.97 Å². The van der Waals surface area contributed by atoms with E-state index in [4.69, 9.17) is 4.74 Å². The Morgan fingerprint density at radius 2 is 2.05 bits per heavy atom. The van der Waals surface area contributed by atoms with Gasteiger partial charge in [0, 0.05) is 5.69 Å². The van der Waals surface area contributed by atoms with Crippen LogP contribution in [0.5, 0.6) is 0 Å². The molecule has 0 saturated heterocycles. The maximum absolute atomic E-state index is 11.7. The summed E-state index contributed by atoms with van der Waals surface area (Å²) >= 11 is 0. The normalized spacial score (nSPS) is 10.1. The van der Waals surface area contributed by atoms with Gasteiger partial charge in [-0.25, -0.2) is 4.79 Å². The fourth-order valence-corrected chi connectivity index (χ4v) is 1.59. The van der Waals surface area contributed by atoms with E-state index in [2.05, 4.69) is 20.7 Å². The van der Waals surface area contributed by atoms with E-state index in [0.29, 0.717) is 17.9 Å². The van der Waals surface area contributed by atoms with E-state index in [9.17, 15) is 9.59 Å². The Bertz CT molecular complexity index is 593. The van der Waals surface area contributed by atoms with Crippen LogP contribution in [0.1, 0.15) is 40.6 Å². The Balaban J connectivity index is 1.92. The van der Waals surface area contributed by atoms with Gasteiger partial charge in [0.25, 0.3) is 5.91 Å². The van der Waals surface area contributed by atoms with Crippen molar-refractivity contribution in [1.82, 2.24) is 15.4 Å².